The van der Waals surface area contributed by atoms with E-state index in [4.69, 9.17) is 5.73 Å². The second-order valence-electron chi connectivity index (χ2n) is 6.43. The molecule has 0 radical (unpaired) electrons. The zero-order valence-electron chi connectivity index (χ0n) is 13.4. The minimum atomic E-state index is 0.171. The Labute approximate surface area is 129 Å². The van der Waals surface area contributed by atoms with Crippen LogP contribution >= 0.6 is 0 Å². The number of hydrogen-bond acceptors (Lipinski definition) is 3. The topological polar surface area (TPSA) is 49.5 Å². The smallest absolute Gasteiger partial charge is 0.115 e. The standard InChI is InChI=1S/C18H30N2O/c1-2-13-20(14-16-7-9-17(21)10-8-16)18(15-19)11-5-3-4-6-12-18/h7-10,21H,2-6,11-15,19H2,1H3. The maximum absolute atomic E-state index is 9.44. The van der Waals surface area contributed by atoms with Crippen molar-refractivity contribution in [1.29, 1.82) is 0 Å². The number of hydrogen-bond donors (Lipinski definition) is 2. The Hall–Kier alpha value is -1.06. The minimum Gasteiger partial charge on any atom is -0.508 e. The number of rotatable bonds is 6. The highest BCUT2D eigenvalue weighted by Gasteiger charge is 2.35. The van der Waals surface area contributed by atoms with Gasteiger partial charge >= 0.3 is 0 Å². The second-order valence-corrected chi connectivity index (χ2v) is 6.43. The van der Waals surface area contributed by atoms with E-state index in [-0.39, 0.29) is 5.54 Å². The lowest BCUT2D eigenvalue weighted by molar-refractivity contribution is 0.0697. The van der Waals surface area contributed by atoms with Crippen LogP contribution in [0.4, 0.5) is 0 Å². The van der Waals surface area contributed by atoms with Crippen molar-refractivity contribution in [2.45, 2.75) is 64.0 Å². The Morgan fingerprint density at radius 2 is 1.71 bits per heavy atom. The van der Waals surface area contributed by atoms with E-state index in [9.17, 15) is 5.11 Å². The van der Waals surface area contributed by atoms with Gasteiger partial charge in [0.2, 0.25) is 0 Å². The van der Waals surface area contributed by atoms with Crippen LogP contribution in [0.3, 0.4) is 0 Å². The molecule has 2 rings (SSSR count). The number of benzene rings is 1. The van der Waals surface area contributed by atoms with Crippen molar-refractivity contribution in [1.82, 2.24) is 4.90 Å². The molecule has 118 valence electrons. The number of nitrogens with two attached hydrogens (primary N) is 1. The summed E-state index contributed by atoms with van der Waals surface area (Å²) in [5, 5.41) is 9.44. The van der Waals surface area contributed by atoms with Gasteiger partial charge in [0.15, 0.2) is 0 Å². The van der Waals surface area contributed by atoms with Crippen molar-refractivity contribution in [2.24, 2.45) is 5.73 Å². The third-order valence-electron chi connectivity index (χ3n) is 4.89. The summed E-state index contributed by atoms with van der Waals surface area (Å²) in [4.78, 5) is 2.60. The zero-order chi connectivity index (χ0) is 15.1. The average molecular weight is 290 g/mol. The van der Waals surface area contributed by atoms with Crippen LogP contribution in [0.5, 0.6) is 5.75 Å². The maximum atomic E-state index is 9.44. The van der Waals surface area contributed by atoms with Gasteiger partial charge in [0.25, 0.3) is 0 Å². The number of aromatic hydroxyl groups is 1. The van der Waals surface area contributed by atoms with E-state index in [0.717, 1.165) is 26.1 Å². The van der Waals surface area contributed by atoms with Crippen LogP contribution < -0.4 is 5.73 Å². The largest absolute Gasteiger partial charge is 0.508 e. The van der Waals surface area contributed by atoms with Gasteiger partial charge in [0, 0.05) is 18.6 Å². The van der Waals surface area contributed by atoms with Crippen molar-refractivity contribution >= 4 is 0 Å². The van der Waals surface area contributed by atoms with Crippen LogP contribution in [0.1, 0.15) is 57.4 Å². The molecule has 21 heavy (non-hydrogen) atoms. The van der Waals surface area contributed by atoms with Crippen LogP contribution in [0.2, 0.25) is 0 Å². The Balaban J connectivity index is 2.16. The van der Waals surface area contributed by atoms with Crippen LogP contribution in [-0.2, 0) is 6.54 Å². The van der Waals surface area contributed by atoms with Crippen LogP contribution in [0.15, 0.2) is 24.3 Å². The van der Waals surface area contributed by atoms with E-state index in [1.165, 1.54) is 44.1 Å². The monoisotopic (exact) mass is 290 g/mol. The number of phenols is 1. The highest BCUT2D eigenvalue weighted by Crippen LogP contribution is 2.33. The Kier molecular flexibility index (Phi) is 6.07. The fourth-order valence-corrected chi connectivity index (χ4v) is 3.61. The molecule has 0 aliphatic heterocycles. The molecular formula is C18H30N2O. The normalized spacial score (nSPS) is 18.6. The highest BCUT2D eigenvalue weighted by atomic mass is 16.3. The highest BCUT2D eigenvalue weighted by molar-refractivity contribution is 5.26. The van der Waals surface area contributed by atoms with Crippen molar-refractivity contribution in [3.63, 3.8) is 0 Å². The molecular weight excluding hydrogens is 260 g/mol. The molecule has 0 saturated heterocycles. The van der Waals surface area contributed by atoms with E-state index >= 15 is 0 Å². The molecule has 0 bridgehead atoms. The summed E-state index contributed by atoms with van der Waals surface area (Å²) < 4.78 is 0. The Bertz CT molecular complexity index is 408. The molecule has 0 aromatic heterocycles. The lowest BCUT2D eigenvalue weighted by Crippen LogP contribution is -2.53. The average Bonchev–Trinajstić information content (AvgIpc) is 2.75. The first-order valence-electron chi connectivity index (χ1n) is 8.43. The molecule has 0 amide bonds. The van der Waals surface area contributed by atoms with Crippen LogP contribution in [-0.4, -0.2) is 28.6 Å². The van der Waals surface area contributed by atoms with Crippen LogP contribution in [0, 0.1) is 0 Å². The quantitative estimate of drug-likeness (QED) is 0.786. The fraction of sp³-hybridized carbons (Fsp3) is 0.667. The molecule has 1 aliphatic carbocycles. The Morgan fingerprint density at radius 3 is 2.24 bits per heavy atom. The predicted octanol–water partition coefficient (Wildman–Crippen LogP) is 3.66. The molecule has 0 unspecified atom stereocenters. The molecule has 0 spiro atoms. The molecule has 3 N–H and O–H groups in total. The van der Waals surface area contributed by atoms with Crippen molar-refractivity contribution in [2.75, 3.05) is 13.1 Å². The first kappa shape index (κ1) is 16.3. The summed E-state index contributed by atoms with van der Waals surface area (Å²) in [6.07, 6.45) is 8.89. The summed E-state index contributed by atoms with van der Waals surface area (Å²) in [6, 6.07) is 7.61. The minimum absolute atomic E-state index is 0.171. The molecule has 3 heteroatoms. The summed E-state index contributed by atoms with van der Waals surface area (Å²) in [6.45, 7) is 5.03. The van der Waals surface area contributed by atoms with E-state index in [1.807, 2.05) is 12.1 Å². The van der Waals surface area contributed by atoms with Crippen molar-refractivity contribution < 1.29 is 5.11 Å². The second kappa shape index (κ2) is 7.81. The maximum Gasteiger partial charge on any atom is 0.115 e. The number of phenolic OH excluding ortho intramolecular Hbond substituents is 1. The van der Waals surface area contributed by atoms with Gasteiger partial charge in [-0.1, -0.05) is 44.7 Å². The molecule has 0 atom stereocenters. The van der Waals surface area contributed by atoms with Gasteiger partial charge in [-0.05, 0) is 43.5 Å². The van der Waals surface area contributed by atoms with E-state index in [1.54, 1.807) is 12.1 Å². The zero-order valence-corrected chi connectivity index (χ0v) is 13.4. The Morgan fingerprint density at radius 1 is 1.10 bits per heavy atom. The van der Waals surface area contributed by atoms with Crippen molar-refractivity contribution in [3.8, 4) is 5.75 Å². The molecule has 3 nitrogen and oxygen atoms in total. The van der Waals surface area contributed by atoms with E-state index in [2.05, 4.69) is 11.8 Å². The first-order chi connectivity index (χ1) is 10.2. The van der Waals surface area contributed by atoms with Gasteiger partial charge in [0.05, 0.1) is 0 Å². The number of nitrogens with zero attached hydrogens (tertiary/aromatic N) is 1. The van der Waals surface area contributed by atoms with Gasteiger partial charge in [-0.25, -0.2) is 0 Å². The molecule has 1 aromatic carbocycles. The first-order valence-corrected chi connectivity index (χ1v) is 8.43. The third-order valence-corrected chi connectivity index (χ3v) is 4.89. The molecule has 1 fully saturated rings. The van der Waals surface area contributed by atoms with Gasteiger partial charge in [-0.15, -0.1) is 0 Å². The van der Waals surface area contributed by atoms with E-state index < -0.39 is 0 Å². The summed E-state index contributed by atoms with van der Waals surface area (Å²) in [5.41, 5.74) is 7.67. The summed E-state index contributed by atoms with van der Waals surface area (Å²) in [7, 11) is 0. The molecule has 0 heterocycles. The predicted molar refractivity (Wildman–Crippen MR) is 88.3 cm³/mol. The SMILES string of the molecule is CCCN(Cc1ccc(O)cc1)C1(CN)CCCCCC1. The third kappa shape index (κ3) is 4.21. The lowest BCUT2D eigenvalue weighted by Gasteiger charge is -2.43. The van der Waals surface area contributed by atoms with Gasteiger partial charge in [0.1, 0.15) is 5.75 Å². The van der Waals surface area contributed by atoms with Gasteiger partial charge < -0.3 is 10.8 Å². The fourth-order valence-electron chi connectivity index (χ4n) is 3.61. The van der Waals surface area contributed by atoms with E-state index in [0.29, 0.717) is 5.75 Å². The summed E-state index contributed by atoms with van der Waals surface area (Å²) in [5.74, 6) is 0.337. The van der Waals surface area contributed by atoms with Crippen LogP contribution in [0.25, 0.3) is 0 Å². The molecule has 1 aliphatic rings. The molecule has 1 aromatic rings. The van der Waals surface area contributed by atoms with Crippen molar-refractivity contribution in [3.05, 3.63) is 29.8 Å². The molecule has 1 saturated carbocycles. The van der Waals surface area contributed by atoms with Gasteiger partial charge in [-0.3, -0.25) is 4.90 Å². The summed E-state index contributed by atoms with van der Waals surface area (Å²) >= 11 is 0. The van der Waals surface area contributed by atoms with Gasteiger partial charge in [-0.2, -0.15) is 0 Å². The lowest BCUT2D eigenvalue weighted by atomic mass is 9.87.